The third-order valence-corrected chi connectivity index (χ3v) is 4.91. The van der Waals surface area contributed by atoms with Crippen molar-refractivity contribution in [1.82, 2.24) is 10.2 Å². The number of rotatable bonds is 6. The molecule has 1 aliphatic heterocycles. The number of hydrogen-bond donors (Lipinski definition) is 1. The zero-order chi connectivity index (χ0) is 14.5. The van der Waals surface area contributed by atoms with Crippen molar-refractivity contribution in [2.24, 2.45) is 0 Å². The fourth-order valence-electron chi connectivity index (χ4n) is 2.87. The van der Waals surface area contributed by atoms with Gasteiger partial charge in [0.05, 0.1) is 6.54 Å². The van der Waals surface area contributed by atoms with Crippen molar-refractivity contribution in [2.75, 3.05) is 19.6 Å². The fraction of sp³-hybridized carbons (Fsp3) is 0.750. The lowest BCUT2D eigenvalue weighted by atomic mass is 10.2. The summed E-state index contributed by atoms with van der Waals surface area (Å²) >= 11 is 2.10. The summed E-state index contributed by atoms with van der Waals surface area (Å²) in [6.07, 6.45) is 1.16. The maximum Gasteiger partial charge on any atom is 0.118 e. The summed E-state index contributed by atoms with van der Waals surface area (Å²) in [5.41, 5.74) is 1.35. The Morgan fingerprint density at radius 2 is 2.05 bits per heavy atom. The van der Waals surface area contributed by atoms with Crippen LogP contribution in [0.2, 0.25) is 0 Å². The second-order valence-corrected chi connectivity index (χ2v) is 7.80. The Balaban J connectivity index is 1.91. The molecule has 2 unspecified atom stereocenters. The Bertz CT molecular complexity index is 409. The average molecular weight is 296 g/mol. The standard InChI is InChI=1S/C16H28N2OS/c1-5-6-17-8-16-7-15(14(4)19-16)11-18-9-12(2)20-13(3)10-18/h7,12-13,17H,5-6,8-11H2,1-4H3. The van der Waals surface area contributed by atoms with Gasteiger partial charge in [-0.25, -0.2) is 0 Å². The van der Waals surface area contributed by atoms with Gasteiger partial charge in [0.2, 0.25) is 0 Å². The molecule has 3 nitrogen and oxygen atoms in total. The third-order valence-electron chi connectivity index (χ3n) is 3.69. The van der Waals surface area contributed by atoms with E-state index in [-0.39, 0.29) is 0 Å². The highest BCUT2D eigenvalue weighted by Crippen LogP contribution is 2.26. The maximum atomic E-state index is 5.86. The van der Waals surface area contributed by atoms with E-state index in [1.807, 2.05) is 0 Å². The minimum atomic E-state index is 0.733. The predicted molar refractivity (Wildman–Crippen MR) is 87.2 cm³/mol. The van der Waals surface area contributed by atoms with Crippen molar-refractivity contribution >= 4 is 11.8 Å². The van der Waals surface area contributed by atoms with E-state index in [1.54, 1.807) is 0 Å². The first kappa shape index (κ1) is 15.9. The number of thioether (sulfide) groups is 1. The highest BCUT2D eigenvalue weighted by Gasteiger charge is 2.23. The first-order valence-electron chi connectivity index (χ1n) is 7.75. The number of furan rings is 1. The lowest BCUT2D eigenvalue weighted by Crippen LogP contribution is -2.39. The van der Waals surface area contributed by atoms with Gasteiger partial charge in [0, 0.05) is 35.7 Å². The van der Waals surface area contributed by atoms with Gasteiger partial charge in [-0.05, 0) is 26.0 Å². The number of aryl methyl sites for hydroxylation is 1. The first-order valence-corrected chi connectivity index (χ1v) is 8.69. The summed E-state index contributed by atoms with van der Waals surface area (Å²) in [5, 5.41) is 4.86. The van der Waals surface area contributed by atoms with Crippen molar-refractivity contribution in [2.45, 2.75) is 57.7 Å². The summed E-state index contributed by atoms with van der Waals surface area (Å²) in [5.74, 6) is 2.15. The quantitative estimate of drug-likeness (QED) is 0.814. The Labute approximate surface area is 127 Å². The molecule has 114 valence electrons. The first-order chi connectivity index (χ1) is 9.58. The van der Waals surface area contributed by atoms with Gasteiger partial charge in [-0.1, -0.05) is 20.8 Å². The van der Waals surface area contributed by atoms with Crippen LogP contribution in [0.3, 0.4) is 0 Å². The molecule has 2 atom stereocenters. The van der Waals surface area contributed by atoms with E-state index < -0.39 is 0 Å². The number of nitrogens with one attached hydrogen (secondary N) is 1. The average Bonchev–Trinajstić information content (AvgIpc) is 2.69. The van der Waals surface area contributed by atoms with E-state index in [0.717, 1.165) is 48.1 Å². The van der Waals surface area contributed by atoms with Gasteiger partial charge in [-0.15, -0.1) is 0 Å². The topological polar surface area (TPSA) is 28.4 Å². The molecule has 1 aromatic rings. The Morgan fingerprint density at radius 3 is 2.70 bits per heavy atom. The minimum absolute atomic E-state index is 0.733. The zero-order valence-corrected chi connectivity index (χ0v) is 14.1. The number of nitrogens with zero attached hydrogens (tertiary/aromatic N) is 1. The van der Waals surface area contributed by atoms with Crippen molar-refractivity contribution in [3.63, 3.8) is 0 Å². The zero-order valence-electron chi connectivity index (χ0n) is 13.2. The van der Waals surface area contributed by atoms with Crippen LogP contribution in [0.15, 0.2) is 10.5 Å². The summed E-state index contributed by atoms with van der Waals surface area (Å²) in [6, 6.07) is 2.23. The second-order valence-electron chi connectivity index (χ2n) is 5.92. The summed E-state index contributed by atoms with van der Waals surface area (Å²) < 4.78 is 5.86. The molecule has 0 amide bonds. The van der Waals surface area contributed by atoms with Crippen LogP contribution in [0, 0.1) is 6.92 Å². The second kappa shape index (κ2) is 7.53. The molecule has 2 rings (SSSR count). The molecule has 1 saturated heterocycles. The minimum Gasteiger partial charge on any atom is -0.465 e. The van der Waals surface area contributed by atoms with Gasteiger partial charge in [0.25, 0.3) is 0 Å². The summed E-state index contributed by atoms with van der Waals surface area (Å²) in [7, 11) is 0. The van der Waals surface area contributed by atoms with Gasteiger partial charge in [0.1, 0.15) is 11.5 Å². The molecular formula is C16H28N2OS. The smallest absolute Gasteiger partial charge is 0.118 e. The maximum absolute atomic E-state index is 5.86. The molecule has 2 heterocycles. The molecule has 0 aromatic carbocycles. The third kappa shape index (κ3) is 4.54. The molecule has 0 spiro atoms. The highest BCUT2D eigenvalue weighted by atomic mass is 32.2. The van der Waals surface area contributed by atoms with E-state index in [4.69, 9.17) is 4.42 Å². The summed E-state index contributed by atoms with van der Waals surface area (Å²) in [6.45, 7) is 14.2. The van der Waals surface area contributed by atoms with Crippen LogP contribution < -0.4 is 5.32 Å². The molecule has 20 heavy (non-hydrogen) atoms. The molecule has 1 N–H and O–H groups in total. The fourth-order valence-corrected chi connectivity index (χ4v) is 4.26. The molecule has 0 bridgehead atoms. The number of hydrogen-bond acceptors (Lipinski definition) is 4. The van der Waals surface area contributed by atoms with Gasteiger partial charge < -0.3 is 9.73 Å². The van der Waals surface area contributed by atoms with Crippen molar-refractivity contribution in [3.05, 3.63) is 23.2 Å². The van der Waals surface area contributed by atoms with E-state index in [2.05, 4.69) is 55.7 Å². The van der Waals surface area contributed by atoms with Gasteiger partial charge in [0.15, 0.2) is 0 Å². The lowest BCUT2D eigenvalue weighted by molar-refractivity contribution is 0.261. The normalized spacial score (nSPS) is 24.2. The van der Waals surface area contributed by atoms with E-state index in [1.165, 1.54) is 18.7 Å². The Kier molecular flexibility index (Phi) is 6.00. The molecule has 1 fully saturated rings. The van der Waals surface area contributed by atoms with Crippen LogP contribution in [0.1, 0.15) is 44.3 Å². The Morgan fingerprint density at radius 1 is 1.35 bits per heavy atom. The lowest BCUT2D eigenvalue weighted by Gasteiger charge is -2.34. The van der Waals surface area contributed by atoms with Crippen LogP contribution in [0.25, 0.3) is 0 Å². The summed E-state index contributed by atoms with van der Waals surface area (Å²) in [4.78, 5) is 2.56. The monoisotopic (exact) mass is 296 g/mol. The molecular weight excluding hydrogens is 268 g/mol. The van der Waals surface area contributed by atoms with Gasteiger partial charge in [-0.3, -0.25) is 4.90 Å². The highest BCUT2D eigenvalue weighted by molar-refractivity contribution is 8.00. The van der Waals surface area contributed by atoms with Crippen LogP contribution in [-0.2, 0) is 13.1 Å². The predicted octanol–water partition coefficient (Wildman–Crippen LogP) is 3.41. The van der Waals surface area contributed by atoms with Crippen LogP contribution in [0.5, 0.6) is 0 Å². The molecule has 1 aromatic heterocycles. The van der Waals surface area contributed by atoms with Gasteiger partial charge >= 0.3 is 0 Å². The van der Waals surface area contributed by atoms with E-state index in [0.29, 0.717) is 0 Å². The van der Waals surface area contributed by atoms with Crippen molar-refractivity contribution in [3.8, 4) is 0 Å². The van der Waals surface area contributed by atoms with Crippen molar-refractivity contribution < 1.29 is 4.42 Å². The van der Waals surface area contributed by atoms with Crippen LogP contribution >= 0.6 is 11.8 Å². The Hall–Kier alpha value is -0.450. The largest absolute Gasteiger partial charge is 0.465 e. The van der Waals surface area contributed by atoms with Crippen LogP contribution in [-0.4, -0.2) is 35.0 Å². The molecule has 0 saturated carbocycles. The van der Waals surface area contributed by atoms with Crippen molar-refractivity contribution in [1.29, 1.82) is 0 Å². The molecule has 4 heteroatoms. The molecule has 0 radical (unpaired) electrons. The van der Waals surface area contributed by atoms with E-state index >= 15 is 0 Å². The molecule has 0 aliphatic carbocycles. The van der Waals surface area contributed by atoms with Crippen LogP contribution in [0.4, 0.5) is 0 Å². The van der Waals surface area contributed by atoms with E-state index in [9.17, 15) is 0 Å². The SMILES string of the molecule is CCCNCc1cc(CN2CC(C)SC(C)C2)c(C)o1. The van der Waals surface area contributed by atoms with Gasteiger partial charge in [-0.2, -0.15) is 11.8 Å². The molecule has 1 aliphatic rings.